The van der Waals surface area contributed by atoms with Crippen molar-refractivity contribution in [2.24, 2.45) is 5.92 Å². The van der Waals surface area contributed by atoms with Gasteiger partial charge in [-0.15, -0.1) is 11.3 Å². The number of hydrogen-bond donors (Lipinski definition) is 0. The van der Waals surface area contributed by atoms with Crippen LogP contribution in [0.15, 0.2) is 16.3 Å². The molecule has 4 rings (SSSR count). The van der Waals surface area contributed by atoms with E-state index in [1.807, 2.05) is 4.90 Å². The third kappa shape index (κ3) is 5.51. The molecule has 0 aromatic carbocycles. The lowest BCUT2D eigenvalue weighted by Gasteiger charge is -2.35. The molecule has 0 spiro atoms. The monoisotopic (exact) mass is 499 g/mol. The molecule has 1 aromatic rings. The molecule has 1 aromatic heterocycles. The normalized spacial score (nSPS) is 21.6. The Bertz CT molecular complexity index is 897. The number of thioether (sulfide) groups is 1. The number of carbonyl (C=O) groups excluding carboxylic acids is 2. The molecule has 0 N–H and O–H groups in total. The minimum atomic E-state index is -3.66. The Morgan fingerprint density at radius 2 is 1.59 bits per heavy atom. The van der Waals surface area contributed by atoms with Crippen LogP contribution in [0.4, 0.5) is 0 Å². The van der Waals surface area contributed by atoms with Gasteiger partial charge in [-0.2, -0.15) is 16.1 Å². The van der Waals surface area contributed by atoms with Crippen LogP contribution in [0.3, 0.4) is 0 Å². The predicted molar refractivity (Wildman–Crippen MR) is 129 cm³/mol. The van der Waals surface area contributed by atoms with Crippen molar-refractivity contribution >= 4 is 44.9 Å². The third-order valence-corrected chi connectivity index (χ3v) is 10.7. The summed E-state index contributed by atoms with van der Waals surface area (Å²) in [6.07, 6.45) is 7.97. The van der Waals surface area contributed by atoms with Gasteiger partial charge in [0.1, 0.15) is 9.77 Å². The summed E-state index contributed by atoms with van der Waals surface area (Å²) in [4.78, 5) is 29.8. The Hall–Kier alpha value is -1.10. The number of carbonyl (C=O) groups is 2. The molecule has 7 nitrogen and oxygen atoms in total. The quantitative estimate of drug-likeness (QED) is 0.601. The van der Waals surface area contributed by atoms with Gasteiger partial charge in [0.05, 0.1) is 0 Å². The minimum Gasteiger partial charge on any atom is -0.339 e. The molecule has 0 radical (unpaired) electrons. The number of nitrogens with zero attached hydrogens (tertiary/aromatic N) is 3. The Balaban J connectivity index is 1.32. The van der Waals surface area contributed by atoms with E-state index >= 15 is 0 Å². The van der Waals surface area contributed by atoms with Crippen LogP contribution < -0.4 is 0 Å². The molecule has 3 fully saturated rings. The number of piperazine rings is 1. The second-order valence-electron chi connectivity index (χ2n) is 8.85. The fourth-order valence-corrected chi connectivity index (χ4v) is 8.78. The summed E-state index contributed by atoms with van der Waals surface area (Å²) in [5.74, 6) is 2.20. The van der Waals surface area contributed by atoms with Crippen LogP contribution in [0.2, 0.25) is 0 Å². The van der Waals surface area contributed by atoms with Gasteiger partial charge in [-0.05, 0) is 23.8 Å². The summed E-state index contributed by atoms with van der Waals surface area (Å²) in [6, 6.07) is 1.56. The molecule has 3 heterocycles. The van der Waals surface area contributed by atoms with E-state index in [1.165, 1.54) is 47.7 Å². The van der Waals surface area contributed by atoms with Crippen molar-refractivity contribution in [2.45, 2.75) is 49.8 Å². The SMILES string of the molecule is O=C(CCC1CCCCC1)N1CCN(C(=O)c2sccc2S(=O)(=O)N2CCSCC2)CC1. The van der Waals surface area contributed by atoms with Crippen LogP contribution in [0.1, 0.15) is 54.6 Å². The van der Waals surface area contributed by atoms with Gasteiger partial charge in [-0.25, -0.2) is 8.42 Å². The topological polar surface area (TPSA) is 78.0 Å². The fraction of sp³-hybridized carbons (Fsp3) is 0.727. The van der Waals surface area contributed by atoms with Crippen LogP contribution in [0, 0.1) is 5.92 Å². The number of hydrogen-bond acceptors (Lipinski definition) is 6. The van der Waals surface area contributed by atoms with E-state index in [1.54, 1.807) is 28.1 Å². The van der Waals surface area contributed by atoms with E-state index < -0.39 is 10.0 Å². The standard InChI is InChI=1S/C22H33N3O4S3/c26-20(7-6-18-4-2-1-3-5-18)23-9-11-24(12-10-23)22(27)21-19(8-15-31-21)32(28,29)25-13-16-30-17-14-25/h8,15,18H,1-7,9-14,16-17H2. The summed E-state index contributed by atoms with van der Waals surface area (Å²) in [6.45, 7) is 2.91. The first kappa shape index (κ1) is 24.0. The Kier molecular flexibility index (Phi) is 8.18. The van der Waals surface area contributed by atoms with Crippen molar-refractivity contribution in [2.75, 3.05) is 50.8 Å². The molecular formula is C22H33N3O4S3. The summed E-state index contributed by atoms with van der Waals surface area (Å²) in [5, 5.41) is 1.68. The first-order chi connectivity index (χ1) is 15.5. The van der Waals surface area contributed by atoms with Gasteiger partial charge in [0.25, 0.3) is 5.91 Å². The van der Waals surface area contributed by atoms with Gasteiger partial charge in [0, 0.05) is 57.2 Å². The highest BCUT2D eigenvalue weighted by Crippen LogP contribution is 2.29. The molecule has 3 aliphatic rings. The van der Waals surface area contributed by atoms with Gasteiger partial charge in [-0.1, -0.05) is 32.1 Å². The molecule has 2 amide bonds. The van der Waals surface area contributed by atoms with E-state index in [-0.39, 0.29) is 16.7 Å². The van der Waals surface area contributed by atoms with Crippen molar-refractivity contribution in [3.05, 3.63) is 16.3 Å². The molecule has 10 heteroatoms. The van der Waals surface area contributed by atoms with Gasteiger partial charge in [-0.3, -0.25) is 9.59 Å². The van der Waals surface area contributed by atoms with Crippen molar-refractivity contribution in [1.82, 2.24) is 14.1 Å². The number of thiophene rings is 1. The fourth-order valence-electron chi connectivity index (χ4n) is 4.85. The van der Waals surface area contributed by atoms with Gasteiger partial charge in [0.2, 0.25) is 15.9 Å². The van der Waals surface area contributed by atoms with Gasteiger partial charge in [0.15, 0.2) is 0 Å². The summed E-state index contributed by atoms with van der Waals surface area (Å²) in [5.41, 5.74) is 0. The Labute approximate surface area is 199 Å². The molecule has 1 aliphatic carbocycles. The van der Waals surface area contributed by atoms with Crippen LogP contribution in [0.25, 0.3) is 0 Å². The molecule has 1 saturated carbocycles. The molecular weight excluding hydrogens is 466 g/mol. The maximum absolute atomic E-state index is 13.2. The zero-order valence-electron chi connectivity index (χ0n) is 18.5. The highest BCUT2D eigenvalue weighted by Gasteiger charge is 2.34. The molecule has 0 bridgehead atoms. The molecule has 0 atom stereocenters. The lowest BCUT2D eigenvalue weighted by molar-refractivity contribution is -0.133. The summed E-state index contributed by atoms with van der Waals surface area (Å²) >= 11 is 2.94. The average Bonchev–Trinajstić information content (AvgIpc) is 3.34. The van der Waals surface area contributed by atoms with Gasteiger partial charge >= 0.3 is 0 Å². The first-order valence-electron chi connectivity index (χ1n) is 11.7. The van der Waals surface area contributed by atoms with Crippen molar-refractivity contribution in [3.63, 3.8) is 0 Å². The third-order valence-electron chi connectivity index (χ3n) is 6.82. The predicted octanol–water partition coefficient (Wildman–Crippen LogP) is 3.13. The Morgan fingerprint density at radius 1 is 0.938 bits per heavy atom. The molecule has 2 aliphatic heterocycles. The van der Waals surface area contributed by atoms with E-state index in [0.717, 1.165) is 17.9 Å². The van der Waals surface area contributed by atoms with Crippen LogP contribution >= 0.6 is 23.1 Å². The number of amides is 2. The molecule has 178 valence electrons. The second-order valence-corrected chi connectivity index (χ2v) is 12.9. The van der Waals surface area contributed by atoms with Crippen molar-refractivity contribution in [1.29, 1.82) is 0 Å². The zero-order chi connectivity index (χ0) is 22.6. The molecule has 32 heavy (non-hydrogen) atoms. The average molecular weight is 500 g/mol. The molecule has 0 unspecified atom stereocenters. The maximum atomic E-state index is 13.2. The lowest BCUT2D eigenvalue weighted by Crippen LogP contribution is -2.50. The van der Waals surface area contributed by atoms with E-state index in [0.29, 0.717) is 56.5 Å². The van der Waals surface area contributed by atoms with E-state index in [2.05, 4.69) is 0 Å². The summed E-state index contributed by atoms with van der Waals surface area (Å²) < 4.78 is 27.7. The smallest absolute Gasteiger partial charge is 0.265 e. The van der Waals surface area contributed by atoms with Crippen LogP contribution in [-0.2, 0) is 14.8 Å². The first-order valence-corrected chi connectivity index (χ1v) is 15.2. The highest BCUT2D eigenvalue weighted by atomic mass is 32.2. The number of sulfonamides is 1. The van der Waals surface area contributed by atoms with Crippen molar-refractivity contribution < 1.29 is 18.0 Å². The van der Waals surface area contributed by atoms with Gasteiger partial charge < -0.3 is 9.80 Å². The van der Waals surface area contributed by atoms with Crippen LogP contribution in [-0.4, -0.2) is 85.1 Å². The number of rotatable bonds is 6. The maximum Gasteiger partial charge on any atom is 0.265 e. The largest absolute Gasteiger partial charge is 0.339 e. The minimum absolute atomic E-state index is 0.130. The van der Waals surface area contributed by atoms with E-state index in [9.17, 15) is 18.0 Å². The zero-order valence-corrected chi connectivity index (χ0v) is 21.0. The van der Waals surface area contributed by atoms with Crippen LogP contribution in [0.5, 0.6) is 0 Å². The lowest BCUT2D eigenvalue weighted by atomic mass is 9.86. The second kappa shape index (κ2) is 10.9. The summed E-state index contributed by atoms with van der Waals surface area (Å²) in [7, 11) is -3.66. The molecule has 2 saturated heterocycles. The van der Waals surface area contributed by atoms with Crippen molar-refractivity contribution in [3.8, 4) is 0 Å². The Morgan fingerprint density at radius 3 is 2.28 bits per heavy atom. The van der Waals surface area contributed by atoms with E-state index in [4.69, 9.17) is 0 Å². The highest BCUT2D eigenvalue weighted by molar-refractivity contribution is 7.99.